The lowest BCUT2D eigenvalue weighted by atomic mass is 10.1. The first kappa shape index (κ1) is 14.5. The summed E-state index contributed by atoms with van der Waals surface area (Å²) in [4.78, 5) is 8.24. The molecule has 0 bridgehead atoms. The maximum atomic E-state index is 4.55. The van der Waals surface area contributed by atoms with E-state index in [1.54, 1.807) is 11.3 Å². The van der Waals surface area contributed by atoms with Crippen LogP contribution in [0.15, 0.2) is 6.20 Å². The molecule has 0 saturated heterocycles. The van der Waals surface area contributed by atoms with Crippen LogP contribution in [-0.4, -0.2) is 25.1 Å². The molecule has 4 heteroatoms. The predicted octanol–water partition coefficient (Wildman–Crippen LogP) is 3.30. The summed E-state index contributed by atoms with van der Waals surface area (Å²) in [6, 6.07) is 0.392. The van der Waals surface area contributed by atoms with Gasteiger partial charge >= 0.3 is 0 Å². The molecule has 0 aliphatic rings. The summed E-state index contributed by atoms with van der Waals surface area (Å²) in [5, 5.41) is 4.41. The molecule has 17 heavy (non-hydrogen) atoms. The molecule has 2 atom stereocenters. The SMILES string of the molecule is CCC(C)CN(CC)c1ncc(C(C)NC)s1. The lowest BCUT2D eigenvalue weighted by Crippen LogP contribution is -2.27. The Kier molecular flexibility index (Phi) is 5.92. The zero-order valence-corrected chi connectivity index (χ0v) is 12.5. The van der Waals surface area contributed by atoms with Crippen LogP contribution in [0.1, 0.15) is 45.0 Å². The zero-order valence-electron chi connectivity index (χ0n) is 11.7. The minimum Gasteiger partial charge on any atom is -0.348 e. The van der Waals surface area contributed by atoms with Gasteiger partial charge in [0, 0.05) is 30.2 Å². The van der Waals surface area contributed by atoms with Crippen molar-refractivity contribution in [2.45, 2.75) is 40.2 Å². The molecule has 1 aromatic rings. The standard InChI is InChI=1S/C13H25N3S/c1-6-10(3)9-16(7-2)13-15-8-12(17-13)11(4)14-5/h8,10-11,14H,6-7,9H2,1-5H3. The highest BCUT2D eigenvalue weighted by Gasteiger charge is 2.14. The smallest absolute Gasteiger partial charge is 0.185 e. The first-order valence-corrected chi connectivity index (χ1v) is 7.31. The maximum Gasteiger partial charge on any atom is 0.185 e. The van der Waals surface area contributed by atoms with Gasteiger partial charge in [0.05, 0.1) is 0 Å². The third-order valence-electron chi connectivity index (χ3n) is 3.25. The second kappa shape index (κ2) is 6.97. The Labute approximate surface area is 109 Å². The van der Waals surface area contributed by atoms with E-state index in [0.717, 1.165) is 24.1 Å². The molecule has 1 heterocycles. The Morgan fingerprint density at radius 1 is 1.41 bits per heavy atom. The Hall–Kier alpha value is -0.610. The maximum absolute atomic E-state index is 4.55. The third-order valence-corrected chi connectivity index (χ3v) is 4.49. The average molecular weight is 255 g/mol. The van der Waals surface area contributed by atoms with Gasteiger partial charge in [-0.15, -0.1) is 11.3 Å². The number of nitrogens with zero attached hydrogens (tertiary/aromatic N) is 2. The van der Waals surface area contributed by atoms with Gasteiger partial charge in [-0.1, -0.05) is 20.3 Å². The summed E-state index contributed by atoms with van der Waals surface area (Å²) in [6.07, 6.45) is 3.22. The van der Waals surface area contributed by atoms with Gasteiger partial charge in [-0.05, 0) is 26.8 Å². The third kappa shape index (κ3) is 3.96. The van der Waals surface area contributed by atoms with Gasteiger partial charge in [-0.3, -0.25) is 0 Å². The minimum absolute atomic E-state index is 0.392. The van der Waals surface area contributed by atoms with Gasteiger partial charge in [0.25, 0.3) is 0 Å². The summed E-state index contributed by atoms with van der Waals surface area (Å²) in [6.45, 7) is 11.1. The molecule has 0 aliphatic carbocycles. The van der Waals surface area contributed by atoms with Crippen molar-refractivity contribution in [1.82, 2.24) is 10.3 Å². The molecule has 1 aromatic heterocycles. The Balaban J connectivity index is 2.72. The normalized spacial score (nSPS) is 14.6. The molecular weight excluding hydrogens is 230 g/mol. The van der Waals surface area contributed by atoms with Crippen molar-refractivity contribution in [3.63, 3.8) is 0 Å². The van der Waals surface area contributed by atoms with Gasteiger partial charge in [0.15, 0.2) is 5.13 Å². The molecule has 0 aromatic carbocycles. The van der Waals surface area contributed by atoms with Crippen LogP contribution in [0.4, 0.5) is 5.13 Å². The summed E-state index contributed by atoms with van der Waals surface area (Å²) in [7, 11) is 1.99. The van der Waals surface area contributed by atoms with E-state index in [4.69, 9.17) is 0 Å². The van der Waals surface area contributed by atoms with Crippen LogP contribution in [0.25, 0.3) is 0 Å². The Morgan fingerprint density at radius 2 is 2.12 bits per heavy atom. The quantitative estimate of drug-likeness (QED) is 0.810. The molecular formula is C13H25N3S. The second-order valence-electron chi connectivity index (χ2n) is 4.61. The van der Waals surface area contributed by atoms with E-state index < -0.39 is 0 Å². The molecule has 0 aliphatic heterocycles. The van der Waals surface area contributed by atoms with E-state index in [0.29, 0.717) is 6.04 Å². The molecule has 0 radical (unpaired) electrons. The van der Waals surface area contributed by atoms with E-state index in [1.807, 2.05) is 13.2 Å². The summed E-state index contributed by atoms with van der Waals surface area (Å²) in [5.41, 5.74) is 0. The highest BCUT2D eigenvalue weighted by molar-refractivity contribution is 7.15. The summed E-state index contributed by atoms with van der Waals surface area (Å²) in [5.74, 6) is 0.726. The van der Waals surface area contributed by atoms with E-state index in [9.17, 15) is 0 Å². The fourth-order valence-corrected chi connectivity index (χ4v) is 2.66. The Bertz CT molecular complexity index is 324. The van der Waals surface area contributed by atoms with Crippen molar-refractivity contribution in [3.8, 4) is 0 Å². The van der Waals surface area contributed by atoms with Crippen molar-refractivity contribution in [1.29, 1.82) is 0 Å². The van der Waals surface area contributed by atoms with Gasteiger partial charge in [0.2, 0.25) is 0 Å². The van der Waals surface area contributed by atoms with Crippen LogP contribution in [0.3, 0.4) is 0 Å². The van der Waals surface area contributed by atoms with E-state index in [2.05, 4.69) is 42.9 Å². The van der Waals surface area contributed by atoms with E-state index >= 15 is 0 Å². The number of anilines is 1. The van der Waals surface area contributed by atoms with Crippen molar-refractivity contribution in [3.05, 3.63) is 11.1 Å². The molecule has 98 valence electrons. The van der Waals surface area contributed by atoms with Crippen molar-refractivity contribution in [2.75, 3.05) is 25.0 Å². The highest BCUT2D eigenvalue weighted by atomic mass is 32.1. The molecule has 3 nitrogen and oxygen atoms in total. The average Bonchev–Trinajstić information content (AvgIpc) is 2.83. The van der Waals surface area contributed by atoms with Crippen molar-refractivity contribution >= 4 is 16.5 Å². The van der Waals surface area contributed by atoms with Crippen LogP contribution in [0.2, 0.25) is 0 Å². The Morgan fingerprint density at radius 3 is 2.65 bits per heavy atom. The second-order valence-corrected chi connectivity index (χ2v) is 5.65. The predicted molar refractivity (Wildman–Crippen MR) is 76.9 cm³/mol. The van der Waals surface area contributed by atoms with Gasteiger partial charge in [-0.25, -0.2) is 4.98 Å². The lowest BCUT2D eigenvalue weighted by Gasteiger charge is -2.23. The fraction of sp³-hybridized carbons (Fsp3) is 0.769. The molecule has 0 spiro atoms. The molecule has 0 amide bonds. The summed E-state index contributed by atoms with van der Waals surface area (Å²) >= 11 is 1.80. The molecule has 0 fully saturated rings. The van der Waals surface area contributed by atoms with Gasteiger partial charge in [0.1, 0.15) is 0 Å². The zero-order chi connectivity index (χ0) is 12.8. The van der Waals surface area contributed by atoms with Crippen LogP contribution in [-0.2, 0) is 0 Å². The fourth-order valence-electron chi connectivity index (χ4n) is 1.61. The topological polar surface area (TPSA) is 28.2 Å². The van der Waals surface area contributed by atoms with Gasteiger partial charge in [-0.2, -0.15) is 0 Å². The van der Waals surface area contributed by atoms with E-state index in [1.165, 1.54) is 11.3 Å². The molecule has 2 unspecified atom stereocenters. The van der Waals surface area contributed by atoms with Crippen molar-refractivity contribution < 1.29 is 0 Å². The number of nitrogens with one attached hydrogen (secondary N) is 1. The van der Waals surface area contributed by atoms with Gasteiger partial charge < -0.3 is 10.2 Å². The van der Waals surface area contributed by atoms with Crippen LogP contribution in [0, 0.1) is 5.92 Å². The highest BCUT2D eigenvalue weighted by Crippen LogP contribution is 2.27. The summed E-state index contributed by atoms with van der Waals surface area (Å²) < 4.78 is 0. The molecule has 1 rings (SSSR count). The number of hydrogen-bond acceptors (Lipinski definition) is 4. The largest absolute Gasteiger partial charge is 0.348 e. The number of rotatable bonds is 7. The monoisotopic (exact) mass is 255 g/mol. The van der Waals surface area contributed by atoms with Crippen LogP contribution >= 0.6 is 11.3 Å². The number of thiazole rings is 1. The first-order valence-electron chi connectivity index (χ1n) is 6.50. The van der Waals surface area contributed by atoms with E-state index in [-0.39, 0.29) is 0 Å². The number of aromatic nitrogens is 1. The molecule has 0 saturated carbocycles. The molecule has 1 N–H and O–H groups in total. The first-order chi connectivity index (χ1) is 8.12. The van der Waals surface area contributed by atoms with Crippen molar-refractivity contribution in [2.24, 2.45) is 5.92 Å². The van der Waals surface area contributed by atoms with Crippen LogP contribution < -0.4 is 10.2 Å². The van der Waals surface area contributed by atoms with Crippen LogP contribution in [0.5, 0.6) is 0 Å². The lowest BCUT2D eigenvalue weighted by molar-refractivity contribution is 0.547. The minimum atomic E-state index is 0.392. The number of hydrogen-bond donors (Lipinski definition) is 1.